The van der Waals surface area contributed by atoms with Gasteiger partial charge in [-0.25, -0.2) is 0 Å². The molecule has 2 N–H and O–H groups in total. The smallest absolute Gasteiger partial charge is 0.268 e. The molecule has 27 heavy (non-hydrogen) atoms. The van der Waals surface area contributed by atoms with Crippen LogP contribution >= 0.6 is 11.8 Å². The van der Waals surface area contributed by atoms with Gasteiger partial charge in [-0.2, -0.15) is 20.2 Å². The third-order valence-electron chi connectivity index (χ3n) is 3.54. The number of thioether (sulfide) groups is 1. The van der Waals surface area contributed by atoms with Crippen molar-refractivity contribution < 1.29 is 12.6 Å². The lowest BCUT2D eigenvalue weighted by atomic mass is 10.3. The summed E-state index contributed by atoms with van der Waals surface area (Å²) in [4.78, 5) is 6.40. The van der Waals surface area contributed by atoms with Gasteiger partial charge < -0.3 is 10.6 Å². The fraction of sp³-hybridized carbons (Fsp3) is 0.947. The highest BCUT2D eigenvalue weighted by Gasteiger charge is 2.08. The van der Waals surface area contributed by atoms with E-state index in [-0.39, 0.29) is 12.4 Å². The van der Waals surface area contributed by atoms with Gasteiger partial charge in [-0.3, -0.25) is 9.18 Å². The molecule has 0 aromatic rings. The molecular formula is C19H43N3O3S2. The van der Waals surface area contributed by atoms with Gasteiger partial charge in [0.25, 0.3) is 10.1 Å². The average Bonchev–Trinajstić information content (AvgIpc) is 3.15. The molecule has 0 aromatic carbocycles. The molecule has 0 bridgehead atoms. The Kier molecular flexibility index (Phi) is 23.5. The van der Waals surface area contributed by atoms with Gasteiger partial charge in [0.15, 0.2) is 0 Å². The molecule has 1 rings (SSSR count). The summed E-state index contributed by atoms with van der Waals surface area (Å²) >= 11 is 1.67. The molecule has 0 saturated heterocycles. The Labute approximate surface area is 172 Å². The van der Waals surface area contributed by atoms with Gasteiger partial charge >= 0.3 is 0 Å². The van der Waals surface area contributed by atoms with Crippen molar-refractivity contribution in [2.24, 2.45) is 10.7 Å². The molecule has 1 heterocycles. The standard InChI is InChI=1S/C8H18O3S2.C7H14N2.C4H11N/c1-3-5-6-12-7-8-13(9,10)11-4-2;1-2-3-5-9-6-4-8-7-9;1-2-3-4-5/h3-8H2,1-2H3;7H,2-6H2,1H3;2-5H2,1H3. The second-order valence-electron chi connectivity index (χ2n) is 6.19. The maximum atomic E-state index is 11.0. The van der Waals surface area contributed by atoms with Gasteiger partial charge in [-0.1, -0.05) is 40.0 Å². The predicted molar refractivity (Wildman–Crippen MR) is 121 cm³/mol. The van der Waals surface area contributed by atoms with Crippen molar-refractivity contribution in [1.29, 1.82) is 0 Å². The van der Waals surface area contributed by atoms with E-state index in [1.807, 2.05) is 6.34 Å². The normalized spacial score (nSPS) is 13.0. The van der Waals surface area contributed by atoms with Crippen LogP contribution in [0, 0.1) is 0 Å². The molecule has 0 unspecified atom stereocenters. The first-order valence-corrected chi connectivity index (χ1v) is 13.1. The molecule has 0 radical (unpaired) electrons. The van der Waals surface area contributed by atoms with Gasteiger partial charge in [0.2, 0.25) is 0 Å². The fourth-order valence-electron chi connectivity index (χ4n) is 1.90. The Morgan fingerprint density at radius 1 is 1.07 bits per heavy atom. The molecule has 0 aromatic heterocycles. The molecule has 1 aliphatic rings. The largest absolute Gasteiger partial charge is 0.361 e. The summed E-state index contributed by atoms with van der Waals surface area (Å²) in [6, 6.07) is 0. The van der Waals surface area contributed by atoms with E-state index in [9.17, 15) is 8.42 Å². The van der Waals surface area contributed by atoms with Crippen LogP contribution in [0.25, 0.3) is 0 Å². The summed E-state index contributed by atoms with van der Waals surface area (Å²) in [7, 11) is -3.24. The van der Waals surface area contributed by atoms with Crippen LogP contribution in [-0.4, -0.2) is 69.7 Å². The molecule has 164 valence electrons. The average molecular weight is 426 g/mol. The number of nitrogens with two attached hydrogens (primary N) is 1. The van der Waals surface area contributed by atoms with Crippen molar-refractivity contribution in [3.63, 3.8) is 0 Å². The first-order chi connectivity index (χ1) is 13.0. The van der Waals surface area contributed by atoms with Crippen molar-refractivity contribution in [3.05, 3.63) is 0 Å². The molecule has 8 heteroatoms. The first kappa shape index (κ1) is 28.9. The highest BCUT2D eigenvalue weighted by Crippen LogP contribution is 2.06. The molecule has 0 saturated carbocycles. The van der Waals surface area contributed by atoms with Crippen LogP contribution in [0.4, 0.5) is 0 Å². The Morgan fingerprint density at radius 2 is 1.74 bits per heavy atom. The lowest BCUT2D eigenvalue weighted by Gasteiger charge is -2.11. The second-order valence-corrected chi connectivity index (χ2v) is 9.17. The summed E-state index contributed by atoms with van der Waals surface area (Å²) in [5, 5.41) is 0. The highest BCUT2D eigenvalue weighted by molar-refractivity contribution is 8.00. The number of hydrogen-bond donors (Lipinski definition) is 1. The third-order valence-corrected chi connectivity index (χ3v) is 6.16. The summed E-state index contributed by atoms with van der Waals surface area (Å²) in [5.74, 6) is 1.82. The number of nitrogens with zero attached hydrogens (tertiary/aromatic N) is 2. The van der Waals surface area contributed by atoms with Crippen LogP contribution < -0.4 is 5.73 Å². The summed E-state index contributed by atoms with van der Waals surface area (Å²) < 4.78 is 26.7. The first-order valence-electron chi connectivity index (χ1n) is 10.4. The molecule has 0 amide bonds. The van der Waals surface area contributed by atoms with Crippen LogP contribution in [-0.2, 0) is 14.3 Å². The topological polar surface area (TPSA) is 85.0 Å². The Balaban J connectivity index is 0. The monoisotopic (exact) mass is 425 g/mol. The van der Waals surface area contributed by atoms with Crippen molar-refractivity contribution in [2.45, 2.75) is 66.2 Å². The second kappa shape index (κ2) is 22.0. The van der Waals surface area contributed by atoms with Crippen LogP contribution in [0.3, 0.4) is 0 Å². The van der Waals surface area contributed by atoms with Crippen LogP contribution in [0.15, 0.2) is 4.99 Å². The zero-order valence-corrected chi connectivity index (χ0v) is 19.6. The van der Waals surface area contributed by atoms with Crippen LogP contribution in [0.1, 0.15) is 66.2 Å². The quantitative estimate of drug-likeness (QED) is 0.357. The van der Waals surface area contributed by atoms with Crippen LogP contribution in [0.2, 0.25) is 0 Å². The molecule has 0 atom stereocenters. The summed E-state index contributed by atoms with van der Waals surface area (Å²) in [6.45, 7) is 12.6. The van der Waals surface area contributed by atoms with Gasteiger partial charge in [0.1, 0.15) is 0 Å². The number of aliphatic imine (C=N–C) groups is 1. The minimum absolute atomic E-state index is 0.134. The third kappa shape index (κ3) is 23.7. The molecule has 0 spiro atoms. The van der Waals surface area contributed by atoms with Crippen molar-refractivity contribution in [2.75, 3.05) is 50.0 Å². The Bertz CT molecular complexity index is 416. The van der Waals surface area contributed by atoms with E-state index in [1.165, 1.54) is 32.2 Å². The van der Waals surface area contributed by atoms with Gasteiger partial charge in [-0.15, -0.1) is 0 Å². The van der Waals surface area contributed by atoms with E-state index in [0.29, 0.717) is 5.75 Å². The highest BCUT2D eigenvalue weighted by atomic mass is 32.2. The van der Waals surface area contributed by atoms with E-state index >= 15 is 0 Å². The molecule has 0 aliphatic carbocycles. The zero-order valence-electron chi connectivity index (χ0n) is 18.0. The maximum Gasteiger partial charge on any atom is 0.268 e. The van der Waals surface area contributed by atoms with Gasteiger partial charge in [-0.05, 0) is 38.5 Å². The SMILES string of the molecule is CCCCN.CCCCN1C=NCC1.CCCCSCCS(=O)(=O)OCC. The minimum Gasteiger partial charge on any atom is -0.361 e. The van der Waals surface area contributed by atoms with E-state index in [1.54, 1.807) is 18.7 Å². The minimum atomic E-state index is -3.24. The van der Waals surface area contributed by atoms with Crippen molar-refractivity contribution in [3.8, 4) is 0 Å². The van der Waals surface area contributed by atoms with E-state index in [0.717, 1.165) is 38.2 Å². The van der Waals surface area contributed by atoms with E-state index < -0.39 is 10.1 Å². The van der Waals surface area contributed by atoms with Gasteiger partial charge in [0.05, 0.1) is 25.2 Å². The molecule has 6 nitrogen and oxygen atoms in total. The predicted octanol–water partition coefficient (Wildman–Crippen LogP) is 3.76. The lowest BCUT2D eigenvalue weighted by Crippen LogP contribution is -2.20. The molecule has 0 fully saturated rings. The van der Waals surface area contributed by atoms with Crippen molar-refractivity contribution in [1.82, 2.24) is 4.90 Å². The Hall–Kier alpha value is -0.310. The molecule has 1 aliphatic heterocycles. The number of hydrogen-bond acceptors (Lipinski definition) is 7. The lowest BCUT2D eigenvalue weighted by molar-refractivity contribution is 0.339. The van der Waals surface area contributed by atoms with Crippen LogP contribution in [0.5, 0.6) is 0 Å². The van der Waals surface area contributed by atoms with Crippen molar-refractivity contribution >= 4 is 28.2 Å². The fourth-order valence-corrected chi connectivity index (χ4v) is 4.36. The maximum absolute atomic E-state index is 11.0. The zero-order chi connectivity index (χ0) is 20.8. The summed E-state index contributed by atoms with van der Waals surface area (Å²) in [5.41, 5.74) is 5.14. The Morgan fingerprint density at radius 3 is 2.19 bits per heavy atom. The molecular weight excluding hydrogens is 382 g/mol. The number of unbranched alkanes of at least 4 members (excludes halogenated alkanes) is 3. The summed E-state index contributed by atoms with van der Waals surface area (Å²) in [6.07, 6.45) is 9.24. The van der Waals surface area contributed by atoms with E-state index in [4.69, 9.17) is 5.73 Å². The van der Waals surface area contributed by atoms with Gasteiger partial charge in [0, 0.05) is 18.8 Å². The number of rotatable bonds is 13. The van der Waals surface area contributed by atoms with E-state index in [2.05, 4.69) is 34.8 Å².